The van der Waals surface area contributed by atoms with Crippen LogP contribution in [0.25, 0.3) is 11.1 Å². The molecule has 0 fully saturated rings. The Morgan fingerprint density at radius 3 is 2.00 bits per heavy atom. The summed E-state index contributed by atoms with van der Waals surface area (Å²) in [5, 5.41) is 11.8. The molecule has 0 spiro atoms. The van der Waals surface area contributed by atoms with E-state index < -0.39 is 49.0 Å². The van der Waals surface area contributed by atoms with Crippen LogP contribution >= 0.6 is 0 Å². The summed E-state index contributed by atoms with van der Waals surface area (Å²) in [5.74, 6) is -2.85. The quantitative estimate of drug-likeness (QED) is 0.344. The summed E-state index contributed by atoms with van der Waals surface area (Å²) in [6.45, 7) is 2.73. The summed E-state index contributed by atoms with van der Waals surface area (Å²) in [4.78, 5) is 51.4. The van der Waals surface area contributed by atoms with Crippen LogP contribution in [0.2, 0.25) is 0 Å². The molecule has 4 rings (SSSR count). The molecule has 1 atom stereocenters. The number of nitrogens with zero attached hydrogens (tertiary/aromatic N) is 1. The maximum absolute atomic E-state index is 13.3. The highest BCUT2D eigenvalue weighted by Crippen LogP contribution is 2.44. The van der Waals surface area contributed by atoms with Crippen LogP contribution in [0.4, 0.5) is 4.79 Å². The van der Waals surface area contributed by atoms with E-state index in [1.807, 2.05) is 54.6 Å². The van der Waals surface area contributed by atoms with Gasteiger partial charge in [0.05, 0.1) is 6.42 Å². The van der Waals surface area contributed by atoms with Gasteiger partial charge in [-0.15, -0.1) is 0 Å². The average molecular weight is 545 g/mol. The van der Waals surface area contributed by atoms with Gasteiger partial charge < -0.3 is 24.8 Å². The number of aliphatic carboxylic acids is 1. The molecule has 0 saturated heterocycles. The molecular formula is C31H32N2O7. The van der Waals surface area contributed by atoms with Crippen molar-refractivity contribution in [2.24, 2.45) is 0 Å². The van der Waals surface area contributed by atoms with E-state index in [2.05, 4.69) is 5.32 Å². The van der Waals surface area contributed by atoms with Crippen molar-refractivity contribution in [2.75, 3.05) is 13.2 Å². The van der Waals surface area contributed by atoms with E-state index in [9.17, 15) is 24.3 Å². The molecule has 0 aromatic heterocycles. The number of rotatable bonds is 11. The number of carboxylic acids is 1. The van der Waals surface area contributed by atoms with Crippen molar-refractivity contribution >= 4 is 23.9 Å². The minimum absolute atomic E-state index is 0.00541. The van der Waals surface area contributed by atoms with Gasteiger partial charge in [-0.25, -0.2) is 4.79 Å². The summed E-state index contributed by atoms with van der Waals surface area (Å²) >= 11 is 0. The Bertz CT molecular complexity index is 1330. The molecule has 2 amide bonds. The topological polar surface area (TPSA) is 122 Å². The van der Waals surface area contributed by atoms with Crippen LogP contribution in [0, 0.1) is 0 Å². The first-order valence-corrected chi connectivity index (χ1v) is 13.1. The molecule has 40 heavy (non-hydrogen) atoms. The molecule has 9 nitrogen and oxygen atoms in total. The molecule has 9 heteroatoms. The normalized spacial score (nSPS) is 12.7. The fourth-order valence-electron chi connectivity index (χ4n) is 4.81. The zero-order valence-electron chi connectivity index (χ0n) is 22.4. The number of carbonyl (C=O) groups excluding carboxylic acids is 3. The third-order valence-electron chi connectivity index (χ3n) is 6.76. The van der Waals surface area contributed by atoms with Crippen LogP contribution in [0.15, 0.2) is 78.9 Å². The van der Waals surface area contributed by atoms with E-state index in [-0.39, 0.29) is 19.1 Å². The second-order valence-corrected chi connectivity index (χ2v) is 9.83. The third-order valence-corrected chi connectivity index (χ3v) is 6.76. The first kappa shape index (κ1) is 28.4. The predicted octanol–water partition coefficient (Wildman–Crippen LogP) is 4.35. The molecule has 3 aromatic carbocycles. The number of benzene rings is 3. The zero-order valence-corrected chi connectivity index (χ0v) is 22.4. The highest BCUT2D eigenvalue weighted by molar-refractivity contribution is 5.91. The Kier molecular flexibility index (Phi) is 9.16. The molecular weight excluding hydrogens is 512 g/mol. The Morgan fingerprint density at radius 2 is 1.43 bits per heavy atom. The third kappa shape index (κ3) is 6.85. The van der Waals surface area contributed by atoms with Crippen LogP contribution < -0.4 is 5.32 Å². The van der Waals surface area contributed by atoms with Crippen molar-refractivity contribution in [3.63, 3.8) is 0 Å². The molecule has 1 aliphatic rings. The Morgan fingerprint density at radius 1 is 0.850 bits per heavy atom. The number of fused-ring (bicyclic) bond motifs is 3. The standard InChI is InChI=1S/C31H32N2O7/c1-20(2)33(17-28(34)35)30(37)27(16-29(36)39-18-21-10-4-3-5-11-21)32-31(38)40-19-26-24-14-8-6-12-22(24)23-13-7-9-15-25(23)26/h3-15,20,26-27H,16-19H2,1-2H3,(H,32,38)(H,34,35)/t27-/m0/s1. The molecule has 0 heterocycles. The molecule has 3 aromatic rings. The Balaban J connectivity index is 1.45. The average Bonchev–Trinajstić information content (AvgIpc) is 3.27. The van der Waals surface area contributed by atoms with E-state index in [0.717, 1.165) is 32.7 Å². The SMILES string of the molecule is CC(C)N(CC(=O)O)C(=O)[C@H](CC(=O)OCc1ccccc1)NC(=O)OCC1c2ccccc2-c2ccccc21. The van der Waals surface area contributed by atoms with Gasteiger partial charge >= 0.3 is 18.0 Å². The lowest BCUT2D eigenvalue weighted by atomic mass is 9.98. The Labute approximate surface area is 232 Å². The molecule has 0 unspecified atom stereocenters. The van der Waals surface area contributed by atoms with Crippen molar-refractivity contribution < 1.29 is 33.8 Å². The number of alkyl carbamates (subject to hydrolysis) is 1. The van der Waals surface area contributed by atoms with E-state index in [1.165, 1.54) is 0 Å². The number of ether oxygens (including phenoxy) is 2. The number of amides is 2. The predicted molar refractivity (Wildman–Crippen MR) is 147 cm³/mol. The van der Waals surface area contributed by atoms with Crippen LogP contribution in [-0.2, 0) is 30.5 Å². The summed E-state index contributed by atoms with van der Waals surface area (Å²) in [6.07, 6.45) is -1.38. The molecule has 2 N–H and O–H groups in total. The van der Waals surface area contributed by atoms with E-state index in [1.54, 1.807) is 38.1 Å². The molecule has 0 aliphatic heterocycles. The maximum Gasteiger partial charge on any atom is 0.407 e. The summed E-state index contributed by atoms with van der Waals surface area (Å²) < 4.78 is 10.9. The van der Waals surface area contributed by atoms with Crippen LogP contribution in [0.1, 0.15) is 42.9 Å². The van der Waals surface area contributed by atoms with Crippen molar-refractivity contribution in [3.8, 4) is 11.1 Å². The minimum atomic E-state index is -1.37. The van der Waals surface area contributed by atoms with Gasteiger partial charge in [0.15, 0.2) is 0 Å². The summed E-state index contributed by atoms with van der Waals surface area (Å²) in [7, 11) is 0. The van der Waals surface area contributed by atoms with Gasteiger partial charge in [-0.2, -0.15) is 0 Å². The number of hydrogen-bond acceptors (Lipinski definition) is 6. The number of hydrogen-bond donors (Lipinski definition) is 2. The van der Waals surface area contributed by atoms with Gasteiger partial charge in [0.1, 0.15) is 25.8 Å². The highest BCUT2D eigenvalue weighted by atomic mass is 16.5. The molecule has 1 aliphatic carbocycles. The van der Waals surface area contributed by atoms with Gasteiger partial charge in [-0.3, -0.25) is 14.4 Å². The Hall–Kier alpha value is -4.66. The van der Waals surface area contributed by atoms with Gasteiger partial charge in [0, 0.05) is 12.0 Å². The van der Waals surface area contributed by atoms with Gasteiger partial charge in [-0.05, 0) is 41.7 Å². The van der Waals surface area contributed by atoms with Gasteiger partial charge in [-0.1, -0.05) is 78.9 Å². The van der Waals surface area contributed by atoms with Crippen LogP contribution in [0.5, 0.6) is 0 Å². The van der Waals surface area contributed by atoms with Crippen molar-refractivity contribution in [2.45, 2.75) is 44.9 Å². The fraction of sp³-hybridized carbons (Fsp3) is 0.290. The van der Waals surface area contributed by atoms with Crippen molar-refractivity contribution in [3.05, 3.63) is 95.6 Å². The minimum Gasteiger partial charge on any atom is -0.480 e. The smallest absolute Gasteiger partial charge is 0.407 e. The second-order valence-electron chi connectivity index (χ2n) is 9.83. The molecule has 0 saturated carbocycles. The largest absolute Gasteiger partial charge is 0.480 e. The van der Waals surface area contributed by atoms with Crippen molar-refractivity contribution in [1.29, 1.82) is 0 Å². The zero-order chi connectivity index (χ0) is 28.6. The number of carbonyl (C=O) groups is 4. The van der Waals surface area contributed by atoms with Crippen molar-refractivity contribution in [1.82, 2.24) is 10.2 Å². The second kappa shape index (κ2) is 12.9. The molecule has 0 radical (unpaired) electrons. The monoisotopic (exact) mass is 544 g/mol. The number of esters is 1. The van der Waals surface area contributed by atoms with Crippen LogP contribution in [-0.4, -0.2) is 59.2 Å². The lowest BCUT2D eigenvalue weighted by Gasteiger charge is -2.29. The molecule has 208 valence electrons. The summed E-state index contributed by atoms with van der Waals surface area (Å²) in [5.41, 5.74) is 4.96. The first-order chi connectivity index (χ1) is 19.2. The first-order valence-electron chi connectivity index (χ1n) is 13.1. The van der Waals surface area contributed by atoms with E-state index in [0.29, 0.717) is 0 Å². The number of nitrogens with one attached hydrogen (secondary N) is 1. The molecule has 0 bridgehead atoms. The lowest BCUT2D eigenvalue weighted by molar-refractivity contribution is -0.150. The maximum atomic E-state index is 13.3. The fourth-order valence-corrected chi connectivity index (χ4v) is 4.81. The summed E-state index contributed by atoms with van der Waals surface area (Å²) in [6, 6.07) is 22.9. The number of carboxylic acid groups (broad SMARTS) is 1. The van der Waals surface area contributed by atoms with Crippen LogP contribution in [0.3, 0.4) is 0 Å². The van der Waals surface area contributed by atoms with Gasteiger partial charge in [0.25, 0.3) is 0 Å². The van der Waals surface area contributed by atoms with E-state index in [4.69, 9.17) is 9.47 Å². The lowest BCUT2D eigenvalue weighted by Crippen LogP contribution is -2.53. The highest BCUT2D eigenvalue weighted by Gasteiger charge is 2.33. The van der Waals surface area contributed by atoms with E-state index >= 15 is 0 Å². The van der Waals surface area contributed by atoms with Gasteiger partial charge in [0.2, 0.25) is 5.91 Å².